The molecule has 0 aromatic rings. The van der Waals surface area contributed by atoms with Gasteiger partial charge in [-0.15, -0.1) is 0 Å². The van der Waals surface area contributed by atoms with Gasteiger partial charge in [0, 0.05) is 57.6 Å². The first-order valence-electron chi connectivity index (χ1n) is 19.4. The van der Waals surface area contributed by atoms with Crippen LogP contribution in [0.1, 0.15) is 85.0 Å². The molecule has 0 radical (unpaired) electrons. The Balaban J connectivity index is 0.942. The van der Waals surface area contributed by atoms with Gasteiger partial charge in [0.15, 0.2) is 0 Å². The normalized spacial score (nSPS) is 38.0. The zero-order valence-electron chi connectivity index (χ0n) is 29.9. The Morgan fingerprint density at radius 3 is 2.52 bits per heavy atom. The highest BCUT2D eigenvalue weighted by molar-refractivity contribution is 5.78. The number of aliphatic hydroxyl groups is 1. The molecule has 6 fully saturated rings. The van der Waals surface area contributed by atoms with E-state index in [1.807, 2.05) is 4.90 Å². The van der Waals surface area contributed by atoms with Crippen LogP contribution in [0.2, 0.25) is 0 Å². The number of nitrogens with zero attached hydrogens (tertiary/aromatic N) is 3. The highest BCUT2D eigenvalue weighted by Crippen LogP contribution is 2.41. The summed E-state index contributed by atoms with van der Waals surface area (Å²) in [5.74, 6) is 1.94. The van der Waals surface area contributed by atoms with Crippen LogP contribution in [0.15, 0.2) is 0 Å². The van der Waals surface area contributed by atoms with Gasteiger partial charge in [0.2, 0.25) is 11.8 Å². The zero-order valence-corrected chi connectivity index (χ0v) is 29.9. The Hall–Kier alpha value is -1.38. The van der Waals surface area contributed by atoms with Gasteiger partial charge in [-0.3, -0.25) is 30.4 Å². The molecule has 12 heteroatoms. The fraction of sp³-hybridized carbons (Fsp3) is 0.944. The number of hydrogen-bond donors (Lipinski definition) is 5. The maximum absolute atomic E-state index is 13.6. The van der Waals surface area contributed by atoms with Crippen molar-refractivity contribution in [1.29, 1.82) is 0 Å². The molecule has 2 amide bonds. The summed E-state index contributed by atoms with van der Waals surface area (Å²) in [4.78, 5) is 32.3. The lowest BCUT2D eigenvalue weighted by atomic mass is 9.68. The largest absolute Gasteiger partial charge is 0.390 e. The predicted octanol–water partition coefficient (Wildman–Crippen LogP) is 1.29. The lowest BCUT2D eigenvalue weighted by molar-refractivity contribution is -0.130. The van der Waals surface area contributed by atoms with E-state index in [-0.39, 0.29) is 36.2 Å². The Labute approximate surface area is 288 Å². The van der Waals surface area contributed by atoms with Crippen LogP contribution in [-0.4, -0.2) is 140 Å². The van der Waals surface area contributed by atoms with E-state index in [0.29, 0.717) is 62.4 Å². The summed E-state index contributed by atoms with van der Waals surface area (Å²) < 4.78 is 12.2. The molecule has 12 nitrogen and oxygen atoms in total. The molecule has 5 N–H and O–H groups in total. The Morgan fingerprint density at radius 2 is 1.79 bits per heavy atom. The first-order valence-corrected chi connectivity index (χ1v) is 19.4. The van der Waals surface area contributed by atoms with Gasteiger partial charge in [-0.25, -0.2) is 0 Å². The average molecular weight is 676 g/mol. The number of carbonyl (C=O) groups excluding carboxylic acids is 2. The van der Waals surface area contributed by atoms with Crippen LogP contribution in [0.3, 0.4) is 0 Å². The van der Waals surface area contributed by atoms with E-state index in [1.54, 1.807) is 6.92 Å². The van der Waals surface area contributed by atoms with Crippen LogP contribution < -0.4 is 21.3 Å². The van der Waals surface area contributed by atoms with Gasteiger partial charge in [0.25, 0.3) is 0 Å². The number of hydrogen-bond acceptors (Lipinski definition) is 10. The van der Waals surface area contributed by atoms with Crippen molar-refractivity contribution in [3.63, 3.8) is 0 Å². The van der Waals surface area contributed by atoms with Crippen LogP contribution in [-0.2, 0) is 19.1 Å². The third-order valence-corrected chi connectivity index (χ3v) is 12.7. The Morgan fingerprint density at radius 1 is 1.00 bits per heavy atom. The van der Waals surface area contributed by atoms with E-state index in [1.165, 1.54) is 25.7 Å². The van der Waals surface area contributed by atoms with Crippen LogP contribution in [0.4, 0.5) is 0 Å². The van der Waals surface area contributed by atoms with Crippen molar-refractivity contribution in [1.82, 2.24) is 36.0 Å². The van der Waals surface area contributed by atoms with E-state index in [2.05, 4.69) is 44.9 Å². The molecule has 0 spiro atoms. The van der Waals surface area contributed by atoms with E-state index >= 15 is 0 Å². The number of ether oxygens (including phenoxy) is 2. The summed E-state index contributed by atoms with van der Waals surface area (Å²) >= 11 is 0. The van der Waals surface area contributed by atoms with Gasteiger partial charge in [0.05, 0.1) is 44.0 Å². The van der Waals surface area contributed by atoms with Crippen LogP contribution in [0.25, 0.3) is 0 Å². The Kier molecular flexibility index (Phi) is 13.1. The zero-order chi connectivity index (χ0) is 33.6. The molecule has 0 aromatic heterocycles. The number of amides is 2. The second kappa shape index (κ2) is 17.2. The molecule has 274 valence electrons. The highest BCUT2D eigenvalue weighted by Gasteiger charge is 2.41. The molecule has 6 aliphatic rings. The standard InChI is InChI=1S/C36H65N7O5/c1-24-31-11-14-41(20-27(31)7-8-32(24)47-22-33-25(2)38-23-48-33)21-30(45)19-37-36(46)28-17-34(39-29-9-15-42(16-10-29)26(3)44)40-35(18-28)43-12-5-4-6-13-43/h24-25,27-35,38-40,45H,4-23H2,1-3H3,(H,37,46)/t24?,25?,27?,28?,30-,31?,32?,33?,34?,35?/m0/s1. The summed E-state index contributed by atoms with van der Waals surface area (Å²) in [7, 11) is 0. The lowest BCUT2D eigenvalue weighted by Gasteiger charge is -2.47. The maximum atomic E-state index is 13.6. The summed E-state index contributed by atoms with van der Waals surface area (Å²) in [6.45, 7) is 14.1. The van der Waals surface area contributed by atoms with Gasteiger partial charge >= 0.3 is 0 Å². The summed E-state index contributed by atoms with van der Waals surface area (Å²) in [5.41, 5.74) is 0. The minimum absolute atomic E-state index is 0.0565. The van der Waals surface area contributed by atoms with E-state index in [0.717, 1.165) is 77.8 Å². The molecule has 5 saturated heterocycles. The molecular formula is C36H65N7O5. The van der Waals surface area contributed by atoms with Gasteiger partial charge in [-0.2, -0.15) is 0 Å². The fourth-order valence-electron chi connectivity index (χ4n) is 9.62. The molecule has 9 unspecified atom stereocenters. The smallest absolute Gasteiger partial charge is 0.223 e. The molecule has 6 rings (SSSR count). The van der Waals surface area contributed by atoms with Crippen LogP contribution in [0.5, 0.6) is 0 Å². The van der Waals surface area contributed by atoms with E-state index in [4.69, 9.17) is 9.47 Å². The molecule has 1 aliphatic carbocycles. The first kappa shape index (κ1) is 36.4. The van der Waals surface area contributed by atoms with Crippen molar-refractivity contribution in [3.05, 3.63) is 0 Å². The topological polar surface area (TPSA) is 131 Å². The fourth-order valence-corrected chi connectivity index (χ4v) is 9.62. The van der Waals surface area contributed by atoms with Crippen LogP contribution >= 0.6 is 0 Å². The molecule has 5 heterocycles. The van der Waals surface area contributed by atoms with Crippen molar-refractivity contribution in [2.45, 2.75) is 128 Å². The molecule has 48 heavy (non-hydrogen) atoms. The van der Waals surface area contributed by atoms with Crippen LogP contribution in [0, 0.1) is 23.7 Å². The minimum atomic E-state index is -0.579. The molecule has 5 aliphatic heterocycles. The SMILES string of the molecule is CC(=O)N1CCC(NC2CC(C(=O)NC[C@H](O)CN3CCC4C(CCC(OCC5OCNC5C)C4C)C3)CC(N3CCCCC3)N2)CC1. The number of piperidine rings is 4. The first-order chi connectivity index (χ1) is 23.2. The predicted molar refractivity (Wildman–Crippen MR) is 185 cm³/mol. The monoisotopic (exact) mass is 676 g/mol. The number of aliphatic hydroxyl groups excluding tert-OH is 1. The lowest BCUT2D eigenvalue weighted by Crippen LogP contribution is -2.63. The number of likely N-dealkylation sites (tertiary alicyclic amines) is 3. The second-order valence-electron chi connectivity index (χ2n) is 16.0. The number of nitrogens with one attached hydrogen (secondary N) is 4. The number of β-amino-alcohol motifs (C(OH)–C–C–N with tert-alkyl or cyclic N) is 1. The number of rotatable bonds is 11. The third-order valence-electron chi connectivity index (χ3n) is 12.7. The van der Waals surface area contributed by atoms with Gasteiger partial charge in [-0.05, 0) is 102 Å². The molecule has 0 aromatic carbocycles. The molecule has 0 bridgehead atoms. The maximum Gasteiger partial charge on any atom is 0.223 e. The molecule has 1 saturated carbocycles. The second-order valence-corrected chi connectivity index (χ2v) is 16.0. The van der Waals surface area contributed by atoms with E-state index < -0.39 is 6.10 Å². The van der Waals surface area contributed by atoms with Crippen molar-refractivity contribution in [2.24, 2.45) is 23.7 Å². The van der Waals surface area contributed by atoms with E-state index in [9.17, 15) is 14.7 Å². The average Bonchev–Trinajstić information content (AvgIpc) is 3.51. The Bertz CT molecular complexity index is 1040. The van der Waals surface area contributed by atoms with Crippen molar-refractivity contribution < 1.29 is 24.2 Å². The third kappa shape index (κ3) is 9.48. The van der Waals surface area contributed by atoms with Crippen molar-refractivity contribution in [3.8, 4) is 0 Å². The van der Waals surface area contributed by atoms with Crippen molar-refractivity contribution >= 4 is 11.8 Å². The molecule has 10 atom stereocenters. The summed E-state index contributed by atoms with van der Waals surface area (Å²) in [6.07, 6.45) is 10.6. The minimum Gasteiger partial charge on any atom is -0.390 e. The summed E-state index contributed by atoms with van der Waals surface area (Å²) in [5, 5.41) is 25.2. The highest BCUT2D eigenvalue weighted by atomic mass is 16.6. The molecular weight excluding hydrogens is 610 g/mol. The number of carbonyl (C=O) groups is 2. The van der Waals surface area contributed by atoms with Gasteiger partial charge in [-0.1, -0.05) is 13.3 Å². The quantitative estimate of drug-likeness (QED) is 0.219. The van der Waals surface area contributed by atoms with Gasteiger partial charge < -0.3 is 29.7 Å². The van der Waals surface area contributed by atoms with Gasteiger partial charge in [0.1, 0.15) is 0 Å². The summed E-state index contributed by atoms with van der Waals surface area (Å²) in [6, 6.07) is 0.682. The number of fused-ring (bicyclic) bond motifs is 1. The van der Waals surface area contributed by atoms with Crippen molar-refractivity contribution in [2.75, 3.05) is 65.7 Å².